The Bertz CT molecular complexity index is 1260. The van der Waals surface area contributed by atoms with Crippen LogP contribution in [-0.2, 0) is 0 Å². The molecule has 0 radical (unpaired) electrons. The number of anilines is 3. The number of aromatic hydroxyl groups is 3. The van der Waals surface area contributed by atoms with Gasteiger partial charge in [0.2, 0.25) is 0 Å². The van der Waals surface area contributed by atoms with Gasteiger partial charge >= 0.3 is 0 Å². The average molecular weight is 442 g/mol. The summed E-state index contributed by atoms with van der Waals surface area (Å²) in [4.78, 5) is 1.79. The van der Waals surface area contributed by atoms with E-state index in [9.17, 15) is 15.3 Å². The van der Waals surface area contributed by atoms with Crippen molar-refractivity contribution in [2.45, 2.75) is 27.7 Å². The van der Waals surface area contributed by atoms with Crippen LogP contribution in [0.5, 0.6) is 28.7 Å². The van der Waals surface area contributed by atoms with Gasteiger partial charge in [0.05, 0.1) is 17.1 Å². The molecule has 0 bridgehead atoms. The van der Waals surface area contributed by atoms with Crippen molar-refractivity contribution in [3.05, 3.63) is 95.1 Å². The van der Waals surface area contributed by atoms with Crippen LogP contribution in [0.15, 0.2) is 72.8 Å². The second kappa shape index (κ2) is 8.79. The van der Waals surface area contributed by atoms with Crippen molar-refractivity contribution >= 4 is 17.1 Å². The maximum Gasteiger partial charge on any atom is 0.171 e. The number of benzene rings is 4. The van der Waals surface area contributed by atoms with Crippen LogP contribution in [0.25, 0.3) is 0 Å². The highest BCUT2D eigenvalue weighted by molar-refractivity contribution is 5.84. The van der Waals surface area contributed by atoms with Crippen LogP contribution in [0.1, 0.15) is 22.3 Å². The second-order valence-electron chi connectivity index (χ2n) is 8.25. The molecule has 0 aromatic heterocycles. The summed E-state index contributed by atoms with van der Waals surface area (Å²) in [5.74, 6) is 1.22. The molecule has 0 aliphatic carbocycles. The number of phenolic OH excluding ortho intramolecular Hbond substituents is 3. The molecule has 4 aromatic rings. The molecule has 0 saturated carbocycles. The van der Waals surface area contributed by atoms with Crippen molar-refractivity contribution in [2.24, 2.45) is 0 Å². The summed E-state index contributed by atoms with van der Waals surface area (Å²) in [6.07, 6.45) is 0. The van der Waals surface area contributed by atoms with Crippen molar-refractivity contribution in [1.29, 1.82) is 0 Å². The predicted molar refractivity (Wildman–Crippen MR) is 132 cm³/mol. The highest BCUT2D eigenvalue weighted by Gasteiger charge is 2.21. The van der Waals surface area contributed by atoms with Crippen molar-refractivity contribution in [3.8, 4) is 28.7 Å². The van der Waals surface area contributed by atoms with E-state index in [4.69, 9.17) is 4.74 Å². The number of hydrogen-bond acceptors (Lipinski definition) is 5. The van der Waals surface area contributed by atoms with Gasteiger partial charge in [0.25, 0.3) is 0 Å². The van der Waals surface area contributed by atoms with Gasteiger partial charge < -0.3 is 25.0 Å². The van der Waals surface area contributed by atoms with Gasteiger partial charge in [-0.05, 0) is 80.3 Å². The molecule has 0 spiro atoms. The lowest BCUT2D eigenvalue weighted by molar-refractivity contribution is 0.408. The van der Waals surface area contributed by atoms with Gasteiger partial charge in [-0.3, -0.25) is 0 Å². The van der Waals surface area contributed by atoms with E-state index in [1.54, 1.807) is 29.2 Å². The zero-order chi connectivity index (χ0) is 23.7. The molecule has 0 unspecified atom stereocenters. The molecule has 5 heteroatoms. The maximum absolute atomic E-state index is 10.9. The van der Waals surface area contributed by atoms with Crippen molar-refractivity contribution in [1.82, 2.24) is 0 Å². The van der Waals surface area contributed by atoms with E-state index < -0.39 is 0 Å². The zero-order valence-electron chi connectivity index (χ0n) is 19.1. The quantitative estimate of drug-likeness (QED) is 0.303. The van der Waals surface area contributed by atoms with Crippen LogP contribution < -0.4 is 9.64 Å². The largest absolute Gasteiger partial charge is 0.505 e. The Kier molecular flexibility index (Phi) is 5.88. The Morgan fingerprint density at radius 2 is 1.21 bits per heavy atom. The minimum absolute atomic E-state index is 0.0717. The first-order chi connectivity index (χ1) is 15.8. The Labute approximate surface area is 193 Å². The summed E-state index contributed by atoms with van der Waals surface area (Å²) < 4.78 is 6.06. The molecule has 0 fully saturated rings. The number of nitrogens with zero attached hydrogens (tertiary/aromatic N) is 1. The molecular weight excluding hydrogens is 414 g/mol. The molecule has 3 N–H and O–H groups in total. The monoisotopic (exact) mass is 441 g/mol. The SMILES string of the molecule is Cc1cc(C)c(Oc2cccc(N(c3cccc(C)c3O)c3cccc(C)c3O)c2)c(O)c1. The lowest BCUT2D eigenvalue weighted by Crippen LogP contribution is -2.11. The molecule has 5 nitrogen and oxygen atoms in total. The minimum atomic E-state index is 0.0717. The van der Waals surface area contributed by atoms with E-state index >= 15 is 0 Å². The van der Waals surface area contributed by atoms with Gasteiger partial charge in [-0.1, -0.05) is 36.4 Å². The number of phenols is 3. The summed E-state index contributed by atoms with van der Waals surface area (Å²) in [6.45, 7) is 7.45. The lowest BCUT2D eigenvalue weighted by Gasteiger charge is -2.28. The molecule has 0 atom stereocenters. The van der Waals surface area contributed by atoms with E-state index in [2.05, 4.69) is 0 Å². The van der Waals surface area contributed by atoms with Gasteiger partial charge in [0, 0.05) is 6.07 Å². The lowest BCUT2D eigenvalue weighted by atomic mass is 10.1. The molecule has 0 aliphatic heterocycles. The van der Waals surface area contributed by atoms with Gasteiger partial charge in [-0.2, -0.15) is 0 Å². The van der Waals surface area contributed by atoms with Gasteiger partial charge in [-0.25, -0.2) is 0 Å². The molecule has 4 aromatic carbocycles. The second-order valence-corrected chi connectivity index (χ2v) is 8.25. The number of rotatable bonds is 5. The molecular formula is C28H27NO4. The van der Waals surface area contributed by atoms with E-state index in [1.807, 2.05) is 76.2 Å². The first-order valence-corrected chi connectivity index (χ1v) is 10.7. The number of hydrogen-bond donors (Lipinski definition) is 3. The molecule has 33 heavy (non-hydrogen) atoms. The van der Waals surface area contributed by atoms with Crippen LogP contribution in [0, 0.1) is 27.7 Å². The van der Waals surface area contributed by atoms with Crippen molar-refractivity contribution in [2.75, 3.05) is 4.90 Å². The Morgan fingerprint density at radius 1 is 0.636 bits per heavy atom. The Hall–Kier alpha value is -4.12. The van der Waals surface area contributed by atoms with Crippen LogP contribution in [0.2, 0.25) is 0 Å². The van der Waals surface area contributed by atoms with Crippen LogP contribution >= 0.6 is 0 Å². The van der Waals surface area contributed by atoms with E-state index in [0.717, 1.165) is 22.3 Å². The number of ether oxygens (including phenoxy) is 1. The third-order valence-electron chi connectivity index (χ3n) is 5.61. The number of aryl methyl sites for hydroxylation is 4. The van der Waals surface area contributed by atoms with Gasteiger partial charge in [0.15, 0.2) is 11.5 Å². The highest BCUT2D eigenvalue weighted by Crippen LogP contribution is 2.46. The summed E-state index contributed by atoms with van der Waals surface area (Å²) in [5.41, 5.74) is 4.95. The molecule has 0 saturated heterocycles. The average Bonchev–Trinajstić information content (AvgIpc) is 2.77. The number of para-hydroxylation sites is 2. The minimum Gasteiger partial charge on any atom is -0.505 e. The van der Waals surface area contributed by atoms with Crippen LogP contribution in [-0.4, -0.2) is 15.3 Å². The summed E-state index contributed by atoms with van der Waals surface area (Å²) in [6, 6.07) is 21.9. The Balaban J connectivity index is 1.85. The molecule has 168 valence electrons. The van der Waals surface area contributed by atoms with Crippen LogP contribution in [0.3, 0.4) is 0 Å². The summed E-state index contributed by atoms with van der Waals surface area (Å²) in [5, 5.41) is 32.1. The Morgan fingerprint density at radius 3 is 1.79 bits per heavy atom. The third kappa shape index (κ3) is 4.30. The van der Waals surface area contributed by atoms with Gasteiger partial charge in [-0.15, -0.1) is 0 Å². The third-order valence-corrected chi connectivity index (χ3v) is 5.61. The van der Waals surface area contributed by atoms with E-state index in [0.29, 0.717) is 28.6 Å². The zero-order valence-corrected chi connectivity index (χ0v) is 19.1. The molecule has 0 amide bonds. The fraction of sp³-hybridized carbons (Fsp3) is 0.143. The van der Waals surface area contributed by atoms with Crippen molar-refractivity contribution < 1.29 is 20.1 Å². The summed E-state index contributed by atoms with van der Waals surface area (Å²) in [7, 11) is 0. The molecule has 4 rings (SSSR count). The van der Waals surface area contributed by atoms with Crippen molar-refractivity contribution in [3.63, 3.8) is 0 Å². The maximum atomic E-state index is 10.9. The first kappa shape index (κ1) is 22.1. The van der Waals surface area contributed by atoms with E-state index in [1.165, 1.54) is 0 Å². The highest BCUT2D eigenvalue weighted by atomic mass is 16.5. The smallest absolute Gasteiger partial charge is 0.171 e. The van der Waals surface area contributed by atoms with E-state index in [-0.39, 0.29) is 17.2 Å². The topological polar surface area (TPSA) is 73.2 Å². The molecule has 0 aliphatic rings. The van der Waals surface area contributed by atoms with Crippen LogP contribution in [0.4, 0.5) is 17.1 Å². The first-order valence-electron chi connectivity index (χ1n) is 10.7. The predicted octanol–water partition coefficient (Wildman–Crippen LogP) is 7.30. The fourth-order valence-corrected chi connectivity index (χ4v) is 3.92. The fourth-order valence-electron chi connectivity index (χ4n) is 3.92. The van der Waals surface area contributed by atoms with Gasteiger partial charge in [0.1, 0.15) is 17.2 Å². The standard InChI is InChI=1S/C28H27NO4/c1-17-14-20(4)28(25(30)15-17)33-22-11-7-10-21(16-22)29(23-12-5-8-18(2)26(23)31)24-13-6-9-19(3)27(24)32/h5-16,30-32H,1-4H3. The summed E-state index contributed by atoms with van der Waals surface area (Å²) >= 11 is 0. The normalized spacial score (nSPS) is 10.8. The molecule has 0 heterocycles.